The van der Waals surface area contributed by atoms with E-state index in [4.69, 9.17) is 27.9 Å². The van der Waals surface area contributed by atoms with Gasteiger partial charge in [-0.2, -0.15) is 0 Å². The average Bonchev–Trinajstić information content (AvgIpc) is 2.41. The van der Waals surface area contributed by atoms with Crippen LogP contribution in [-0.2, 0) is 4.79 Å². The van der Waals surface area contributed by atoms with Gasteiger partial charge >= 0.3 is 0 Å². The zero-order chi connectivity index (χ0) is 15.3. The lowest BCUT2D eigenvalue weighted by Gasteiger charge is -2.36. The molecule has 1 amide bonds. The van der Waals surface area contributed by atoms with Crippen molar-refractivity contribution < 1.29 is 14.6 Å². The van der Waals surface area contributed by atoms with Crippen LogP contribution in [-0.4, -0.2) is 29.8 Å². The van der Waals surface area contributed by atoms with Crippen LogP contribution < -0.4 is 10.1 Å². The van der Waals surface area contributed by atoms with Crippen LogP contribution in [0.15, 0.2) is 18.2 Å². The van der Waals surface area contributed by atoms with Crippen LogP contribution in [0.1, 0.15) is 32.1 Å². The molecule has 4 nitrogen and oxygen atoms in total. The van der Waals surface area contributed by atoms with Crippen molar-refractivity contribution in [2.75, 3.05) is 13.2 Å². The van der Waals surface area contributed by atoms with Gasteiger partial charge in [0.2, 0.25) is 5.91 Å². The molecular weight excluding hydrogens is 313 g/mol. The van der Waals surface area contributed by atoms with Crippen LogP contribution in [0.3, 0.4) is 0 Å². The molecular formula is C15H19Cl2NO3. The van der Waals surface area contributed by atoms with Crippen LogP contribution in [0, 0.1) is 0 Å². The Bertz CT molecular complexity index is 504. The van der Waals surface area contributed by atoms with E-state index >= 15 is 0 Å². The summed E-state index contributed by atoms with van der Waals surface area (Å²) < 4.78 is 5.50. The normalized spacial score (nSPS) is 16.1. The predicted octanol–water partition coefficient (Wildman–Crippen LogP) is 3.18. The first-order chi connectivity index (χ1) is 9.98. The van der Waals surface area contributed by atoms with Crippen molar-refractivity contribution in [1.82, 2.24) is 5.32 Å². The highest BCUT2D eigenvalue weighted by Gasteiger charge is 2.34. The van der Waals surface area contributed by atoms with Gasteiger partial charge < -0.3 is 15.2 Å². The Hall–Kier alpha value is -0.970. The Morgan fingerprint density at radius 1 is 1.38 bits per heavy atom. The molecule has 0 heterocycles. The molecule has 1 aliphatic carbocycles. The quantitative estimate of drug-likeness (QED) is 0.754. The largest absolute Gasteiger partial charge is 0.492 e. The summed E-state index contributed by atoms with van der Waals surface area (Å²) >= 11 is 11.8. The van der Waals surface area contributed by atoms with E-state index in [1.165, 1.54) is 0 Å². The lowest BCUT2D eigenvalue weighted by molar-refractivity contribution is -0.123. The van der Waals surface area contributed by atoms with Gasteiger partial charge in [0.25, 0.3) is 0 Å². The van der Waals surface area contributed by atoms with Crippen LogP contribution in [0.2, 0.25) is 10.0 Å². The Labute approximate surface area is 134 Å². The molecule has 2 N–H and O–H groups in total. The summed E-state index contributed by atoms with van der Waals surface area (Å²) in [6.07, 6.45) is 3.52. The number of aliphatic hydroxyl groups is 1. The minimum absolute atomic E-state index is 0.0684. The number of carbonyl (C=O) groups is 1. The van der Waals surface area contributed by atoms with Gasteiger partial charge in [-0.15, -0.1) is 0 Å². The summed E-state index contributed by atoms with van der Waals surface area (Å²) in [5.74, 6) is 0.492. The molecule has 0 spiro atoms. The number of hydrogen-bond acceptors (Lipinski definition) is 3. The molecule has 0 radical (unpaired) electrons. The van der Waals surface area contributed by atoms with Crippen molar-refractivity contribution in [3.63, 3.8) is 0 Å². The average molecular weight is 332 g/mol. The second-order valence-corrected chi connectivity index (χ2v) is 6.23. The number of nitrogens with one attached hydrogen (secondary N) is 1. The summed E-state index contributed by atoms with van der Waals surface area (Å²) in [6, 6.07) is 5.02. The molecule has 1 aromatic carbocycles. The van der Waals surface area contributed by atoms with E-state index in [0.717, 1.165) is 19.3 Å². The Kier molecular flexibility index (Phi) is 5.73. The first kappa shape index (κ1) is 16.4. The lowest BCUT2D eigenvalue weighted by atomic mass is 9.80. The van der Waals surface area contributed by atoms with Crippen molar-refractivity contribution >= 4 is 29.1 Å². The van der Waals surface area contributed by atoms with Gasteiger partial charge in [-0.3, -0.25) is 4.79 Å². The van der Waals surface area contributed by atoms with Crippen molar-refractivity contribution in [3.8, 4) is 5.75 Å². The molecule has 0 bridgehead atoms. The highest BCUT2D eigenvalue weighted by Crippen LogP contribution is 2.30. The second kappa shape index (κ2) is 7.34. The van der Waals surface area contributed by atoms with Gasteiger partial charge in [0, 0.05) is 18.0 Å². The SMILES string of the molecule is O=C(CCCOc1ccc(Cl)cc1Cl)NCC1(O)CCC1. The molecule has 0 unspecified atom stereocenters. The lowest BCUT2D eigenvalue weighted by Crippen LogP contribution is -2.47. The number of carbonyl (C=O) groups excluding carboxylic acids is 1. The number of ether oxygens (including phenoxy) is 1. The number of benzene rings is 1. The fourth-order valence-electron chi connectivity index (χ4n) is 2.12. The van der Waals surface area contributed by atoms with Gasteiger partial charge in [0.1, 0.15) is 5.75 Å². The molecule has 21 heavy (non-hydrogen) atoms. The molecule has 0 aromatic heterocycles. The summed E-state index contributed by atoms with van der Waals surface area (Å²) in [4.78, 5) is 11.6. The van der Waals surface area contributed by atoms with Gasteiger partial charge in [-0.05, 0) is 43.9 Å². The number of halogens is 2. The van der Waals surface area contributed by atoms with Crippen LogP contribution in [0.25, 0.3) is 0 Å². The van der Waals surface area contributed by atoms with Crippen molar-refractivity contribution in [3.05, 3.63) is 28.2 Å². The molecule has 1 saturated carbocycles. The predicted molar refractivity (Wildman–Crippen MR) is 83.0 cm³/mol. The second-order valence-electron chi connectivity index (χ2n) is 5.38. The smallest absolute Gasteiger partial charge is 0.220 e. The van der Waals surface area contributed by atoms with E-state index in [1.807, 2.05) is 0 Å². The van der Waals surface area contributed by atoms with Gasteiger partial charge in [0.15, 0.2) is 0 Å². The topological polar surface area (TPSA) is 58.6 Å². The van der Waals surface area contributed by atoms with Crippen LogP contribution in [0.5, 0.6) is 5.75 Å². The van der Waals surface area contributed by atoms with E-state index in [2.05, 4.69) is 5.32 Å². The van der Waals surface area contributed by atoms with Crippen molar-refractivity contribution in [2.24, 2.45) is 0 Å². The van der Waals surface area contributed by atoms with Gasteiger partial charge in [-0.1, -0.05) is 23.2 Å². The maximum absolute atomic E-state index is 11.6. The molecule has 1 fully saturated rings. The molecule has 116 valence electrons. The van der Waals surface area contributed by atoms with E-state index < -0.39 is 5.60 Å². The standard InChI is InChI=1S/C15H19Cl2NO3/c16-11-4-5-13(12(17)9-11)21-8-1-3-14(19)18-10-15(20)6-2-7-15/h4-5,9,20H,1-3,6-8,10H2,(H,18,19). The Balaban J connectivity index is 1.61. The number of amides is 1. The fraction of sp³-hybridized carbons (Fsp3) is 0.533. The van der Waals surface area contributed by atoms with Crippen molar-refractivity contribution in [1.29, 1.82) is 0 Å². The number of rotatable bonds is 7. The summed E-state index contributed by atoms with van der Waals surface area (Å²) in [6.45, 7) is 0.745. The van der Waals surface area contributed by atoms with E-state index in [-0.39, 0.29) is 5.91 Å². The van der Waals surface area contributed by atoms with Gasteiger partial charge in [-0.25, -0.2) is 0 Å². The van der Waals surface area contributed by atoms with E-state index in [9.17, 15) is 9.90 Å². The zero-order valence-electron chi connectivity index (χ0n) is 11.7. The minimum Gasteiger partial charge on any atom is -0.492 e. The Morgan fingerprint density at radius 2 is 2.14 bits per heavy atom. The molecule has 1 aliphatic rings. The molecule has 2 rings (SSSR count). The third-order valence-corrected chi connectivity index (χ3v) is 4.13. The molecule has 0 saturated heterocycles. The molecule has 0 aliphatic heterocycles. The monoisotopic (exact) mass is 331 g/mol. The molecule has 0 atom stereocenters. The van der Waals surface area contributed by atoms with E-state index in [1.54, 1.807) is 18.2 Å². The molecule has 1 aromatic rings. The fourth-order valence-corrected chi connectivity index (χ4v) is 2.58. The molecule has 6 heteroatoms. The maximum atomic E-state index is 11.6. The first-order valence-corrected chi connectivity index (χ1v) is 7.81. The highest BCUT2D eigenvalue weighted by atomic mass is 35.5. The maximum Gasteiger partial charge on any atom is 0.220 e. The first-order valence-electron chi connectivity index (χ1n) is 7.05. The number of hydrogen-bond donors (Lipinski definition) is 2. The summed E-state index contributed by atoms with van der Waals surface area (Å²) in [5.41, 5.74) is -0.678. The minimum atomic E-state index is -0.678. The van der Waals surface area contributed by atoms with Crippen LogP contribution >= 0.6 is 23.2 Å². The highest BCUT2D eigenvalue weighted by molar-refractivity contribution is 6.35. The Morgan fingerprint density at radius 3 is 2.76 bits per heavy atom. The van der Waals surface area contributed by atoms with Crippen molar-refractivity contribution in [2.45, 2.75) is 37.7 Å². The third kappa shape index (κ3) is 5.06. The zero-order valence-corrected chi connectivity index (χ0v) is 13.2. The third-order valence-electron chi connectivity index (χ3n) is 3.60. The summed E-state index contributed by atoms with van der Waals surface area (Å²) in [5, 5.41) is 13.6. The van der Waals surface area contributed by atoms with E-state index in [0.29, 0.717) is 41.8 Å². The summed E-state index contributed by atoms with van der Waals surface area (Å²) in [7, 11) is 0. The van der Waals surface area contributed by atoms with Crippen LogP contribution in [0.4, 0.5) is 0 Å². The van der Waals surface area contributed by atoms with Gasteiger partial charge in [0.05, 0.1) is 17.2 Å².